The first-order valence-corrected chi connectivity index (χ1v) is 7.24. The number of rotatable bonds is 6. The molecule has 0 bridgehead atoms. The van der Waals surface area contributed by atoms with Crippen molar-refractivity contribution in [2.24, 2.45) is 5.73 Å². The van der Waals surface area contributed by atoms with Gasteiger partial charge >= 0.3 is 0 Å². The Kier molecular flexibility index (Phi) is 5.23. The van der Waals surface area contributed by atoms with Gasteiger partial charge in [-0.25, -0.2) is 0 Å². The minimum Gasteiger partial charge on any atom is -0.389 e. The molecule has 0 saturated carbocycles. The maximum atomic E-state index is 11.8. The number of anilines is 1. The van der Waals surface area contributed by atoms with Crippen molar-refractivity contribution in [3.8, 4) is 0 Å². The number of benzene rings is 1. The smallest absolute Gasteiger partial charge is 0.250 e. The van der Waals surface area contributed by atoms with Crippen LogP contribution in [0.5, 0.6) is 0 Å². The second-order valence-corrected chi connectivity index (χ2v) is 5.50. The summed E-state index contributed by atoms with van der Waals surface area (Å²) >= 11 is 6.54. The van der Waals surface area contributed by atoms with Gasteiger partial charge in [-0.1, -0.05) is 30.4 Å². The lowest BCUT2D eigenvalue weighted by molar-refractivity contribution is -0.120. The van der Waals surface area contributed by atoms with Gasteiger partial charge in [0.1, 0.15) is 11.6 Å². The lowest BCUT2D eigenvalue weighted by Gasteiger charge is -2.10. The Labute approximate surface area is 126 Å². The van der Waals surface area contributed by atoms with Crippen LogP contribution in [0.1, 0.15) is 10.4 Å². The molecule has 1 aromatic carbocycles. The fourth-order valence-corrected chi connectivity index (χ4v) is 2.45. The highest BCUT2D eigenvalue weighted by atomic mass is 32.1. The van der Waals surface area contributed by atoms with Gasteiger partial charge in [-0.15, -0.1) is 11.3 Å². The molecule has 2 aromatic rings. The van der Waals surface area contributed by atoms with E-state index in [1.54, 1.807) is 23.5 Å². The molecule has 0 aliphatic carbocycles. The van der Waals surface area contributed by atoms with Gasteiger partial charge in [0, 0.05) is 10.4 Å². The molecule has 1 heterocycles. The van der Waals surface area contributed by atoms with Gasteiger partial charge in [0.2, 0.25) is 5.91 Å². The van der Waals surface area contributed by atoms with E-state index < -0.39 is 0 Å². The summed E-state index contributed by atoms with van der Waals surface area (Å²) in [5.41, 5.74) is 6.85. The van der Waals surface area contributed by atoms with E-state index in [-0.39, 0.29) is 17.5 Å². The largest absolute Gasteiger partial charge is 0.389 e. The van der Waals surface area contributed by atoms with Crippen molar-refractivity contribution >= 4 is 40.1 Å². The third-order valence-electron chi connectivity index (χ3n) is 2.52. The van der Waals surface area contributed by atoms with Crippen LogP contribution >= 0.6 is 23.6 Å². The molecule has 1 aromatic heterocycles. The van der Waals surface area contributed by atoms with E-state index in [1.165, 1.54) is 0 Å². The standard InChI is InChI=1S/C14H14N2O2S2/c15-14(19)11-5-1-2-6-12(11)16-13(17)9-18-8-10-4-3-7-20-10/h1-7H,8-9H2,(H2,15,19)(H,16,17). The molecule has 6 heteroatoms. The van der Waals surface area contributed by atoms with Gasteiger partial charge in [-0.3, -0.25) is 4.79 Å². The summed E-state index contributed by atoms with van der Waals surface area (Å²) in [6.45, 7) is 0.422. The number of thiocarbonyl (C=S) groups is 1. The van der Waals surface area contributed by atoms with E-state index in [1.807, 2.05) is 29.6 Å². The van der Waals surface area contributed by atoms with Crippen molar-refractivity contribution in [2.75, 3.05) is 11.9 Å². The summed E-state index contributed by atoms with van der Waals surface area (Å²) in [5.74, 6) is -0.231. The summed E-state index contributed by atoms with van der Waals surface area (Å²) in [6.07, 6.45) is 0. The highest BCUT2D eigenvalue weighted by Crippen LogP contribution is 2.15. The highest BCUT2D eigenvalue weighted by Gasteiger charge is 2.08. The van der Waals surface area contributed by atoms with Crippen LogP contribution in [0.2, 0.25) is 0 Å². The molecule has 0 aliphatic rings. The van der Waals surface area contributed by atoms with Crippen LogP contribution in [0.3, 0.4) is 0 Å². The molecule has 0 fully saturated rings. The van der Waals surface area contributed by atoms with Gasteiger partial charge in [0.15, 0.2) is 0 Å². The lowest BCUT2D eigenvalue weighted by Crippen LogP contribution is -2.21. The molecule has 0 saturated heterocycles. The SMILES string of the molecule is NC(=S)c1ccccc1NC(=O)COCc1cccs1. The zero-order valence-electron chi connectivity index (χ0n) is 10.7. The zero-order valence-corrected chi connectivity index (χ0v) is 12.3. The molecule has 4 nitrogen and oxygen atoms in total. The number of ether oxygens (including phenoxy) is 1. The quantitative estimate of drug-likeness (QED) is 0.805. The van der Waals surface area contributed by atoms with Crippen molar-refractivity contribution in [2.45, 2.75) is 6.61 Å². The van der Waals surface area contributed by atoms with E-state index in [0.29, 0.717) is 17.9 Å². The lowest BCUT2D eigenvalue weighted by atomic mass is 10.2. The Morgan fingerprint density at radius 1 is 1.30 bits per heavy atom. The minimum atomic E-state index is -0.231. The maximum Gasteiger partial charge on any atom is 0.250 e. The van der Waals surface area contributed by atoms with Gasteiger partial charge in [-0.2, -0.15) is 0 Å². The fraction of sp³-hybridized carbons (Fsp3) is 0.143. The van der Waals surface area contributed by atoms with Gasteiger partial charge in [-0.05, 0) is 23.6 Å². The third kappa shape index (κ3) is 4.12. The Bertz CT molecular complexity index is 597. The molecule has 1 amide bonds. The van der Waals surface area contributed by atoms with Crippen LogP contribution in [-0.4, -0.2) is 17.5 Å². The summed E-state index contributed by atoms with van der Waals surface area (Å²) in [4.78, 5) is 13.1. The molecule has 0 atom stereocenters. The van der Waals surface area contributed by atoms with Crippen LogP contribution in [0.25, 0.3) is 0 Å². The van der Waals surface area contributed by atoms with E-state index >= 15 is 0 Å². The Morgan fingerprint density at radius 2 is 2.10 bits per heavy atom. The zero-order chi connectivity index (χ0) is 14.4. The number of amides is 1. The molecule has 0 unspecified atom stereocenters. The molecule has 0 spiro atoms. The van der Waals surface area contributed by atoms with E-state index in [9.17, 15) is 4.79 Å². The van der Waals surface area contributed by atoms with Gasteiger partial charge < -0.3 is 15.8 Å². The fourth-order valence-electron chi connectivity index (χ4n) is 1.63. The van der Waals surface area contributed by atoms with Crippen molar-refractivity contribution < 1.29 is 9.53 Å². The van der Waals surface area contributed by atoms with Crippen molar-refractivity contribution in [3.05, 3.63) is 52.2 Å². The molecular formula is C14H14N2O2S2. The molecular weight excluding hydrogens is 292 g/mol. The van der Waals surface area contributed by atoms with Crippen LogP contribution in [0.4, 0.5) is 5.69 Å². The van der Waals surface area contributed by atoms with E-state index in [4.69, 9.17) is 22.7 Å². The number of hydrogen-bond donors (Lipinski definition) is 2. The topological polar surface area (TPSA) is 64.3 Å². The second kappa shape index (κ2) is 7.14. The van der Waals surface area contributed by atoms with E-state index in [2.05, 4.69) is 5.32 Å². The number of carbonyl (C=O) groups is 1. The van der Waals surface area contributed by atoms with Crippen molar-refractivity contribution in [3.63, 3.8) is 0 Å². The van der Waals surface area contributed by atoms with E-state index in [0.717, 1.165) is 4.88 Å². The predicted octanol–water partition coefficient (Wildman–Crippen LogP) is 2.54. The number of para-hydroxylation sites is 1. The number of nitrogens with two attached hydrogens (primary N) is 1. The molecule has 104 valence electrons. The molecule has 2 rings (SSSR count). The summed E-state index contributed by atoms with van der Waals surface area (Å²) in [5, 5.41) is 4.71. The summed E-state index contributed by atoms with van der Waals surface area (Å²) in [7, 11) is 0. The van der Waals surface area contributed by atoms with Crippen LogP contribution in [-0.2, 0) is 16.1 Å². The monoisotopic (exact) mass is 306 g/mol. The van der Waals surface area contributed by atoms with Crippen molar-refractivity contribution in [1.82, 2.24) is 0 Å². The van der Waals surface area contributed by atoms with Gasteiger partial charge in [0.05, 0.1) is 12.3 Å². The molecule has 0 aliphatic heterocycles. The normalized spacial score (nSPS) is 10.2. The molecule has 3 N–H and O–H groups in total. The summed E-state index contributed by atoms with van der Waals surface area (Å²) < 4.78 is 5.35. The first kappa shape index (κ1) is 14.6. The number of carbonyl (C=O) groups excluding carboxylic acids is 1. The Hall–Kier alpha value is -1.76. The summed E-state index contributed by atoms with van der Waals surface area (Å²) in [6, 6.07) is 11.1. The minimum absolute atomic E-state index is 0.0103. The molecule has 0 radical (unpaired) electrons. The van der Waals surface area contributed by atoms with Gasteiger partial charge in [0.25, 0.3) is 0 Å². The number of hydrogen-bond acceptors (Lipinski definition) is 4. The van der Waals surface area contributed by atoms with Crippen LogP contribution < -0.4 is 11.1 Å². The first-order chi connectivity index (χ1) is 9.66. The third-order valence-corrected chi connectivity index (χ3v) is 3.59. The van der Waals surface area contributed by atoms with Crippen LogP contribution in [0, 0.1) is 0 Å². The first-order valence-electron chi connectivity index (χ1n) is 5.95. The average molecular weight is 306 g/mol. The number of thiophene rings is 1. The average Bonchev–Trinajstić information content (AvgIpc) is 2.92. The maximum absolute atomic E-state index is 11.8. The predicted molar refractivity (Wildman–Crippen MR) is 84.9 cm³/mol. The Morgan fingerprint density at radius 3 is 2.80 bits per heavy atom. The Balaban J connectivity index is 1.87. The number of nitrogens with one attached hydrogen (secondary N) is 1. The van der Waals surface area contributed by atoms with Crippen LogP contribution in [0.15, 0.2) is 41.8 Å². The highest BCUT2D eigenvalue weighted by molar-refractivity contribution is 7.80. The second-order valence-electron chi connectivity index (χ2n) is 4.03. The van der Waals surface area contributed by atoms with Crippen molar-refractivity contribution in [1.29, 1.82) is 0 Å². The molecule has 20 heavy (non-hydrogen) atoms.